The molecule has 0 aromatic heterocycles. The van der Waals surface area contributed by atoms with Crippen LogP contribution in [0.25, 0.3) is 0 Å². The minimum Gasteiger partial charge on any atom is -0.457 e. The molecule has 0 bridgehead atoms. The molecule has 1 heterocycles. The van der Waals surface area contributed by atoms with Crippen LogP contribution in [0.2, 0.25) is 5.02 Å². The topological polar surface area (TPSA) is 55.4 Å². The van der Waals surface area contributed by atoms with Crippen molar-refractivity contribution in [1.29, 1.82) is 0 Å². The summed E-state index contributed by atoms with van der Waals surface area (Å²) in [5.74, 6) is -0.987. The molecule has 0 radical (unpaired) electrons. The Balaban J connectivity index is 1.87. The van der Waals surface area contributed by atoms with Crippen LogP contribution in [0.3, 0.4) is 0 Å². The summed E-state index contributed by atoms with van der Waals surface area (Å²) in [4.78, 5) is 24.7. The van der Waals surface area contributed by atoms with Gasteiger partial charge in [-0.25, -0.2) is 4.79 Å². The smallest absolute Gasteiger partial charge is 0.336 e. The Morgan fingerprint density at radius 1 is 1.16 bits per heavy atom. The third-order valence-electron chi connectivity index (χ3n) is 4.18. The highest BCUT2D eigenvalue weighted by molar-refractivity contribution is 6.31. The van der Waals surface area contributed by atoms with Gasteiger partial charge >= 0.3 is 5.97 Å². The van der Waals surface area contributed by atoms with Crippen LogP contribution in [0.5, 0.6) is 0 Å². The quantitative estimate of drug-likeness (QED) is 0.844. The third kappa shape index (κ3) is 3.91. The molecule has 4 nitrogen and oxygen atoms in total. The van der Waals surface area contributed by atoms with Gasteiger partial charge in [0.1, 0.15) is 6.61 Å². The Morgan fingerprint density at radius 3 is 2.56 bits per heavy atom. The Kier molecular flexibility index (Phi) is 5.19. The molecule has 1 atom stereocenters. The summed E-state index contributed by atoms with van der Waals surface area (Å²) < 4.78 is 5.47. The van der Waals surface area contributed by atoms with E-state index in [0.29, 0.717) is 16.3 Å². The van der Waals surface area contributed by atoms with Crippen molar-refractivity contribution in [2.75, 3.05) is 0 Å². The van der Waals surface area contributed by atoms with Crippen molar-refractivity contribution in [1.82, 2.24) is 5.32 Å². The first-order chi connectivity index (χ1) is 12.1. The molecular formula is C20H18ClNO3. The fourth-order valence-corrected chi connectivity index (χ4v) is 3.26. The maximum absolute atomic E-state index is 12.7. The van der Waals surface area contributed by atoms with Crippen molar-refractivity contribution in [3.05, 3.63) is 82.0 Å². The Labute approximate surface area is 151 Å². The number of halogens is 1. The first kappa shape index (κ1) is 17.2. The van der Waals surface area contributed by atoms with E-state index >= 15 is 0 Å². The standard InChI is InChI=1S/C20H18ClNO3/c1-13-19(20(24)25-12-14-7-3-2-4-8-14)16(11-18(23)22-13)15-9-5-6-10-17(15)21/h2-10,16H,11-12H2,1H3,(H,22,23)/t16-/m1/s1. The fourth-order valence-electron chi connectivity index (χ4n) is 3.00. The zero-order valence-electron chi connectivity index (χ0n) is 13.8. The molecule has 0 saturated heterocycles. The minimum absolute atomic E-state index is 0.137. The van der Waals surface area contributed by atoms with Crippen molar-refractivity contribution in [2.45, 2.75) is 25.9 Å². The van der Waals surface area contributed by atoms with Crippen LogP contribution in [0.4, 0.5) is 0 Å². The molecule has 1 aliphatic heterocycles. The molecule has 0 saturated carbocycles. The predicted octanol–water partition coefficient (Wildman–Crippen LogP) is 3.96. The molecule has 25 heavy (non-hydrogen) atoms. The lowest BCUT2D eigenvalue weighted by atomic mass is 9.84. The lowest BCUT2D eigenvalue weighted by Crippen LogP contribution is -2.34. The van der Waals surface area contributed by atoms with Gasteiger partial charge in [-0.15, -0.1) is 0 Å². The number of amides is 1. The van der Waals surface area contributed by atoms with Gasteiger partial charge in [0, 0.05) is 23.1 Å². The molecular weight excluding hydrogens is 338 g/mol. The van der Waals surface area contributed by atoms with Crippen molar-refractivity contribution in [3.8, 4) is 0 Å². The maximum Gasteiger partial charge on any atom is 0.336 e. The van der Waals surface area contributed by atoms with Crippen LogP contribution in [-0.2, 0) is 20.9 Å². The Hall–Kier alpha value is -2.59. The minimum atomic E-state index is -0.439. The van der Waals surface area contributed by atoms with E-state index in [1.54, 1.807) is 13.0 Å². The highest BCUT2D eigenvalue weighted by Gasteiger charge is 2.33. The van der Waals surface area contributed by atoms with Crippen molar-refractivity contribution in [2.24, 2.45) is 0 Å². The van der Waals surface area contributed by atoms with Gasteiger partial charge in [-0.2, -0.15) is 0 Å². The van der Waals surface area contributed by atoms with E-state index < -0.39 is 11.9 Å². The van der Waals surface area contributed by atoms with Gasteiger partial charge in [0.2, 0.25) is 5.91 Å². The number of carbonyl (C=O) groups is 2. The average Bonchev–Trinajstić information content (AvgIpc) is 2.60. The molecule has 5 heteroatoms. The average molecular weight is 356 g/mol. The van der Waals surface area contributed by atoms with E-state index in [1.807, 2.05) is 48.5 Å². The molecule has 0 fully saturated rings. The van der Waals surface area contributed by atoms with Crippen LogP contribution in [0, 0.1) is 0 Å². The fraction of sp³-hybridized carbons (Fsp3) is 0.200. The summed E-state index contributed by atoms with van der Waals surface area (Å²) in [6.07, 6.45) is 0.164. The van der Waals surface area contributed by atoms with E-state index in [1.165, 1.54) is 0 Å². The zero-order chi connectivity index (χ0) is 17.8. The lowest BCUT2D eigenvalue weighted by Gasteiger charge is -2.27. The molecule has 0 unspecified atom stereocenters. The molecule has 1 amide bonds. The summed E-state index contributed by atoms with van der Waals surface area (Å²) >= 11 is 6.29. The number of benzene rings is 2. The lowest BCUT2D eigenvalue weighted by molar-refractivity contribution is -0.141. The van der Waals surface area contributed by atoms with E-state index in [4.69, 9.17) is 16.3 Å². The summed E-state index contributed by atoms with van der Waals surface area (Å²) in [5, 5.41) is 3.26. The second-order valence-electron chi connectivity index (χ2n) is 5.93. The van der Waals surface area contributed by atoms with Gasteiger partial charge in [0.15, 0.2) is 0 Å². The van der Waals surface area contributed by atoms with Crippen LogP contribution >= 0.6 is 11.6 Å². The monoisotopic (exact) mass is 355 g/mol. The molecule has 1 aliphatic rings. The Morgan fingerprint density at radius 2 is 1.84 bits per heavy atom. The van der Waals surface area contributed by atoms with E-state index in [2.05, 4.69) is 5.32 Å². The maximum atomic E-state index is 12.7. The van der Waals surface area contributed by atoms with Gasteiger partial charge in [0.25, 0.3) is 0 Å². The number of hydrogen-bond donors (Lipinski definition) is 1. The highest BCUT2D eigenvalue weighted by atomic mass is 35.5. The summed E-state index contributed by atoms with van der Waals surface area (Å²) in [6, 6.07) is 16.7. The van der Waals surface area contributed by atoms with Crippen molar-refractivity contribution in [3.63, 3.8) is 0 Å². The molecule has 1 N–H and O–H groups in total. The predicted molar refractivity (Wildman–Crippen MR) is 95.9 cm³/mol. The van der Waals surface area contributed by atoms with E-state index in [-0.39, 0.29) is 18.9 Å². The molecule has 0 spiro atoms. The Bertz CT molecular complexity index is 830. The number of esters is 1. The number of nitrogens with one attached hydrogen (secondary N) is 1. The first-order valence-corrected chi connectivity index (χ1v) is 8.40. The largest absolute Gasteiger partial charge is 0.457 e. The van der Waals surface area contributed by atoms with Crippen LogP contribution in [0.15, 0.2) is 65.9 Å². The molecule has 3 rings (SSSR count). The van der Waals surface area contributed by atoms with Gasteiger partial charge in [-0.3, -0.25) is 4.79 Å². The van der Waals surface area contributed by atoms with E-state index in [0.717, 1.165) is 11.1 Å². The number of carbonyl (C=O) groups excluding carboxylic acids is 2. The number of rotatable bonds is 4. The zero-order valence-corrected chi connectivity index (χ0v) is 14.5. The summed E-state index contributed by atoms with van der Waals surface area (Å²) in [5.41, 5.74) is 2.62. The second kappa shape index (κ2) is 7.53. The van der Waals surface area contributed by atoms with Gasteiger partial charge < -0.3 is 10.1 Å². The number of allylic oxidation sites excluding steroid dienone is 1. The highest BCUT2D eigenvalue weighted by Crippen LogP contribution is 2.37. The molecule has 2 aromatic carbocycles. The summed E-state index contributed by atoms with van der Waals surface area (Å²) in [7, 11) is 0. The van der Waals surface area contributed by atoms with Crippen LogP contribution < -0.4 is 5.32 Å². The van der Waals surface area contributed by atoms with Crippen molar-refractivity contribution < 1.29 is 14.3 Å². The van der Waals surface area contributed by atoms with Crippen LogP contribution in [-0.4, -0.2) is 11.9 Å². The number of hydrogen-bond acceptors (Lipinski definition) is 3. The first-order valence-electron chi connectivity index (χ1n) is 8.02. The summed E-state index contributed by atoms with van der Waals surface area (Å²) in [6.45, 7) is 1.89. The number of ether oxygens (including phenoxy) is 1. The van der Waals surface area contributed by atoms with Gasteiger partial charge in [-0.05, 0) is 24.1 Å². The SMILES string of the molecule is CC1=C(C(=O)OCc2ccccc2)[C@@H](c2ccccc2Cl)CC(=O)N1. The van der Waals surface area contributed by atoms with Crippen LogP contribution in [0.1, 0.15) is 30.4 Å². The van der Waals surface area contributed by atoms with Crippen molar-refractivity contribution >= 4 is 23.5 Å². The molecule has 128 valence electrons. The second-order valence-corrected chi connectivity index (χ2v) is 6.33. The van der Waals surface area contributed by atoms with Gasteiger partial charge in [0.05, 0.1) is 5.57 Å². The van der Waals surface area contributed by atoms with E-state index in [9.17, 15) is 9.59 Å². The molecule has 2 aromatic rings. The molecule has 0 aliphatic carbocycles. The van der Waals surface area contributed by atoms with Gasteiger partial charge in [-0.1, -0.05) is 60.1 Å². The third-order valence-corrected chi connectivity index (χ3v) is 4.53. The normalized spacial score (nSPS) is 17.2.